The van der Waals surface area contributed by atoms with Gasteiger partial charge in [-0.25, -0.2) is 0 Å². The van der Waals surface area contributed by atoms with Crippen LogP contribution in [0.2, 0.25) is 0 Å². The van der Waals surface area contributed by atoms with Crippen molar-refractivity contribution >= 4 is 48.9 Å². The van der Waals surface area contributed by atoms with E-state index in [-0.39, 0.29) is 110 Å². The summed E-state index contributed by atoms with van der Waals surface area (Å²) in [5, 5.41) is 0. The molecule has 0 aromatic carbocycles. The first-order chi connectivity index (χ1) is 0. The van der Waals surface area contributed by atoms with Gasteiger partial charge in [0.15, 0.2) is 0 Å². The largest absolute Gasteiger partial charge is 0 e. The maximum Gasteiger partial charge on any atom is 0 e. The molecular formula is H4BaCuDyO. The summed E-state index contributed by atoms with van der Waals surface area (Å²) in [5.74, 6) is 0. The second kappa shape index (κ2) is 16.2. The summed E-state index contributed by atoms with van der Waals surface area (Å²) < 4.78 is 0. The summed E-state index contributed by atoms with van der Waals surface area (Å²) in [5.41, 5.74) is 0. The predicted octanol–water partition coefficient (Wildman–Crippen LogP) is -1.74. The number of rotatable bonds is 0. The van der Waals surface area contributed by atoms with Crippen LogP contribution in [0.3, 0.4) is 0 Å². The van der Waals surface area contributed by atoms with E-state index in [4.69, 9.17) is 0 Å². The van der Waals surface area contributed by atoms with Crippen LogP contribution in [0.1, 0.15) is 0 Å². The standard InChI is InChI=1S/Ba.Cu.Dy.H2O.2H/h;;;1H2;;. The molecule has 4 heteroatoms. The third kappa shape index (κ3) is 9.01. The minimum absolute atomic E-state index is 0. The van der Waals surface area contributed by atoms with Gasteiger partial charge >= 0.3 is 48.9 Å². The first-order valence-corrected chi connectivity index (χ1v) is 0. The molecule has 0 fully saturated rings. The van der Waals surface area contributed by atoms with Crippen LogP contribution in [0.4, 0.5) is 0 Å². The Bertz CT molecular complexity index is 8.00. The van der Waals surface area contributed by atoms with E-state index in [2.05, 4.69) is 0 Å². The zero-order valence-corrected chi connectivity index (χ0v) is 4.09. The SMILES string of the molecule is O.[BaH2].[Cu].[Dy]. The van der Waals surface area contributed by atoms with E-state index < -0.39 is 0 Å². The van der Waals surface area contributed by atoms with Gasteiger partial charge in [-0.05, 0) is 0 Å². The molecule has 0 bridgehead atoms. The van der Waals surface area contributed by atoms with Crippen LogP contribution in [-0.2, 0) is 17.1 Å². The van der Waals surface area contributed by atoms with Gasteiger partial charge in [-0.15, -0.1) is 0 Å². The van der Waals surface area contributed by atoms with Crippen molar-refractivity contribution in [3.05, 3.63) is 0 Å². The average molecular weight is 383 g/mol. The Morgan fingerprint density at radius 1 is 1.00 bits per heavy atom. The van der Waals surface area contributed by atoms with Gasteiger partial charge < -0.3 is 5.48 Å². The van der Waals surface area contributed by atoms with E-state index in [0.29, 0.717) is 0 Å². The van der Waals surface area contributed by atoms with Crippen molar-refractivity contribution in [2.75, 3.05) is 0 Å². The van der Waals surface area contributed by atoms with Crippen molar-refractivity contribution in [3.63, 3.8) is 0 Å². The molecule has 0 aliphatic carbocycles. The quantitative estimate of drug-likeness (QED) is 0.445. The molecule has 0 aromatic rings. The molecule has 4 heavy (non-hydrogen) atoms. The second-order valence-corrected chi connectivity index (χ2v) is 0. The molecule has 0 aliphatic rings. The monoisotopic (exact) mass is 385 g/mol. The Balaban J connectivity index is 0. The van der Waals surface area contributed by atoms with Crippen molar-refractivity contribution in [1.29, 1.82) is 0 Å². The summed E-state index contributed by atoms with van der Waals surface area (Å²) >= 11 is 0. The predicted molar refractivity (Wildman–Crippen MR) is 12.2 cm³/mol. The van der Waals surface area contributed by atoms with E-state index in [1.165, 1.54) is 0 Å². The molecule has 33 valence electrons. The molecule has 0 spiro atoms. The average Bonchev–Trinajstić information content (AvgIpc) is 0. The Labute approximate surface area is 107 Å². The number of hydrogen-bond acceptors (Lipinski definition) is 0. The van der Waals surface area contributed by atoms with Crippen LogP contribution in [0.15, 0.2) is 0 Å². The van der Waals surface area contributed by atoms with Gasteiger partial charge in [0.1, 0.15) is 0 Å². The van der Waals surface area contributed by atoms with Gasteiger partial charge in [0.05, 0.1) is 0 Å². The Morgan fingerprint density at radius 2 is 1.00 bits per heavy atom. The third-order valence-electron chi connectivity index (χ3n) is 0. The Kier molecular flexibility index (Phi) is 108. The fourth-order valence-electron chi connectivity index (χ4n) is 0. The van der Waals surface area contributed by atoms with Gasteiger partial charge in [-0.3, -0.25) is 0 Å². The summed E-state index contributed by atoms with van der Waals surface area (Å²) in [6, 6.07) is 0. The van der Waals surface area contributed by atoms with E-state index in [0.717, 1.165) is 0 Å². The molecule has 0 saturated heterocycles. The van der Waals surface area contributed by atoms with E-state index in [1.807, 2.05) is 0 Å². The van der Waals surface area contributed by atoms with Crippen molar-refractivity contribution in [3.8, 4) is 0 Å². The van der Waals surface area contributed by atoms with Crippen LogP contribution in [0.25, 0.3) is 0 Å². The molecule has 0 unspecified atom stereocenters. The van der Waals surface area contributed by atoms with Crippen LogP contribution < -0.4 is 0 Å². The summed E-state index contributed by atoms with van der Waals surface area (Å²) in [6.45, 7) is 0. The zero-order chi connectivity index (χ0) is 0. The van der Waals surface area contributed by atoms with E-state index in [1.54, 1.807) is 0 Å². The first kappa shape index (κ1) is 26.5. The molecule has 0 aliphatic heterocycles. The van der Waals surface area contributed by atoms with Crippen molar-refractivity contribution in [1.82, 2.24) is 0 Å². The van der Waals surface area contributed by atoms with Crippen molar-refractivity contribution < 1.29 is 60.7 Å². The van der Waals surface area contributed by atoms with Crippen LogP contribution in [0, 0.1) is 38.2 Å². The van der Waals surface area contributed by atoms with Gasteiger partial charge in [0.2, 0.25) is 0 Å². The van der Waals surface area contributed by atoms with E-state index in [9.17, 15) is 0 Å². The van der Waals surface area contributed by atoms with Crippen molar-refractivity contribution in [2.45, 2.75) is 0 Å². The molecule has 0 saturated carbocycles. The summed E-state index contributed by atoms with van der Waals surface area (Å²) in [6.07, 6.45) is 0. The van der Waals surface area contributed by atoms with E-state index >= 15 is 0 Å². The van der Waals surface area contributed by atoms with Crippen LogP contribution in [0.5, 0.6) is 0 Å². The Hall–Kier alpha value is 3.32. The molecule has 0 amide bonds. The fourth-order valence-corrected chi connectivity index (χ4v) is 0. The maximum absolute atomic E-state index is 0. The van der Waals surface area contributed by atoms with Crippen LogP contribution in [-0.4, -0.2) is 54.4 Å². The topological polar surface area (TPSA) is 31.5 Å². The third-order valence-corrected chi connectivity index (χ3v) is 0. The Morgan fingerprint density at radius 3 is 1.00 bits per heavy atom. The van der Waals surface area contributed by atoms with Gasteiger partial charge in [0, 0.05) is 55.2 Å². The molecule has 0 rings (SSSR count). The summed E-state index contributed by atoms with van der Waals surface area (Å²) in [4.78, 5) is 0. The molecule has 0 heterocycles. The zero-order valence-electron chi connectivity index (χ0n) is 1.12. The molecular weight excluding hydrogens is 379 g/mol. The van der Waals surface area contributed by atoms with Gasteiger partial charge in [0.25, 0.3) is 0 Å². The van der Waals surface area contributed by atoms with Gasteiger partial charge in [-0.1, -0.05) is 0 Å². The molecule has 1 nitrogen and oxygen atoms in total. The fraction of sp³-hybridized carbons (Fsp3) is 0. The molecule has 0 atom stereocenters. The molecule has 0 aromatic heterocycles. The van der Waals surface area contributed by atoms with Crippen LogP contribution >= 0.6 is 0 Å². The number of hydrogen-bond donors (Lipinski definition) is 0. The first-order valence-electron chi connectivity index (χ1n) is 0. The second-order valence-electron chi connectivity index (χ2n) is 0. The summed E-state index contributed by atoms with van der Waals surface area (Å²) in [7, 11) is 0. The normalized spacial score (nSPS) is 0. The van der Waals surface area contributed by atoms with Crippen molar-refractivity contribution in [2.24, 2.45) is 0 Å². The molecule has 2 N–H and O–H groups in total. The smallest absolute Gasteiger partial charge is 0 e. The maximum atomic E-state index is 0. The molecule has 1 radical (unpaired) electrons. The minimum Gasteiger partial charge on any atom is 0 e. The van der Waals surface area contributed by atoms with Gasteiger partial charge in [-0.2, -0.15) is 0 Å². The minimum atomic E-state index is 0.